The lowest BCUT2D eigenvalue weighted by Gasteiger charge is -2.32. The summed E-state index contributed by atoms with van der Waals surface area (Å²) >= 11 is 0. The molecule has 10 heavy (non-hydrogen) atoms. The van der Waals surface area contributed by atoms with Crippen molar-refractivity contribution in [2.75, 3.05) is 0 Å². The predicted molar refractivity (Wildman–Crippen MR) is 36.2 cm³/mol. The van der Waals surface area contributed by atoms with Gasteiger partial charge in [-0.3, -0.25) is 0 Å². The van der Waals surface area contributed by atoms with Crippen LogP contribution in [0.15, 0.2) is 0 Å². The fraction of sp³-hybridized carbons (Fsp3) is 1.00. The second kappa shape index (κ2) is 2.46. The third-order valence-corrected chi connectivity index (χ3v) is 1.78. The highest BCUT2D eigenvalue weighted by atomic mass is 19.3. The van der Waals surface area contributed by atoms with Crippen LogP contribution in [0.4, 0.5) is 8.78 Å². The van der Waals surface area contributed by atoms with Gasteiger partial charge in [0.2, 0.25) is 0 Å². The lowest BCUT2D eigenvalue weighted by atomic mass is 9.97. The number of halogens is 2. The van der Waals surface area contributed by atoms with Gasteiger partial charge in [-0.05, 0) is 13.8 Å². The molecular formula is C7H13F2N. The summed E-state index contributed by atoms with van der Waals surface area (Å²) in [6.07, 6.45) is -0.0331. The minimum atomic E-state index is -2.44. The van der Waals surface area contributed by atoms with Crippen LogP contribution in [0.25, 0.3) is 0 Å². The molecule has 1 fully saturated rings. The summed E-state index contributed by atoms with van der Waals surface area (Å²) in [5, 5.41) is 3.05. The average molecular weight is 149 g/mol. The van der Waals surface area contributed by atoms with Crippen LogP contribution in [0.5, 0.6) is 0 Å². The lowest BCUT2D eigenvalue weighted by Crippen LogP contribution is -2.47. The van der Waals surface area contributed by atoms with Crippen LogP contribution in [-0.4, -0.2) is 18.0 Å². The van der Waals surface area contributed by atoms with Crippen molar-refractivity contribution in [1.82, 2.24) is 5.32 Å². The van der Waals surface area contributed by atoms with Crippen molar-refractivity contribution in [2.45, 2.75) is 44.7 Å². The van der Waals surface area contributed by atoms with E-state index >= 15 is 0 Å². The summed E-state index contributed by atoms with van der Waals surface area (Å²) < 4.78 is 25.3. The first kappa shape index (κ1) is 7.92. The molecule has 0 bridgehead atoms. The summed E-state index contributed by atoms with van der Waals surface area (Å²) in [4.78, 5) is 0. The zero-order valence-corrected chi connectivity index (χ0v) is 6.32. The molecule has 0 aromatic carbocycles. The Morgan fingerprint density at radius 3 is 1.90 bits per heavy atom. The van der Waals surface area contributed by atoms with E-state index in [1.807, 2.05) is 0 Å². The minimum Gasteiger partial charge on any atom is -0.311 e. The molecule has 0 saturated carbocycles. The Kier molecular flexibility index (Phi) is 1.95. The zero-order chi connectivity index (χ0) is 7.78. The molecular weight excluding hydrogens is 136 g/mol. The summed E-state index contributed by atoms with van der Waals surface area (Å²) in [6.45, 7) is 3.59. The summed E-state index contributed by atoms with van der Waals surface area (Å²) in [5.74, 6) is -2.44. The van der Waals surface area contributed by atoms with Crippen molar-refractivity contribution in [3.63, 3.8) is 0 Å². The Hall–Kier alpha value is -0.180. The quantitative estimate of drug-likeness (QED) is 0.553. The summed E-state index contributed by atoms with van der Waals surface area (Å²) in [7, 11) is 0. The highest BCUT2D eigenvalue weighted by Gasteiger charge is 2.37. The third-order valence-electron chi connectivity index (χ3n) is 1.78. The maximum atomic E-state index is 12.7. The van der Waals surface area contributed by atoms with Gasteiger partial charge in [-0.15, -0.1) is 0 Å². The van der Waals surface area contributed by atoms with Crippen LogP contribution in [0, 0.1) is 0 Å². The molecule has 0 radical (unpaired) electrons. The van der Waals surface area contributed by atoms with Gasteiger partial charge in [0.1, 0.15) is 0 Å². The third kappa shape index (κ3) is 1.90. The molecule has 60 valence electrons. The van der Waals surface area contributed by atoms with Gasteiger partial charge >= 0.3 is 0 Å². The molecule has 0 aromatic heterocycles. The molecule has 1 nitrogen and oxygen atoms in total. The molecule has 1 saturated heterocycles. The molecule has 3 heteroatoms. The predicted octanol–water partition coefficient (Wildman–Crippen LogP) is 1.78. The smallest absolute Gasteiger partial charge is 0.251 e. The van der Waals surface area contributed by atoms with E-state index in [2.05, 4.69) is 5.32 Å². The first-order chi connectivity index (χ1) is 4.49. The molecule has 1 aliphatic rings. The minimum absolute atomic E-state index is 0.0165. The van der Waals surface area contributed by atoms with E-state index < -0.39 is 5.92 Å². The molecule has 1 heterocycles. The summed E-state index contributed by atoms with van der Waals surface area (Å²) in [6, 6.07) is -0.0856. The van der Waals surface area contributed by atoms with E-state index in [0.29, 0.717) is 0 Å². The first-order valence-electron chi connectivity index (χ1n) is 3.63. The van der Waals surface area contributed by atoms with E-state index in [4.69, 9.17) is 0 Å². The molecule has 2 atom stereocenters. The summed E-state index contributed by atoms with van der Waals surface area (Å²) in [5.41, 5.74) is 0. The monoisotopic (exact) mass is 149 g/mol. The van der Waals surface area contributed by atoms with Crippen molar-refractivity contribution >= 4 is 0 Å². The highest BCUT2D eigenvalue weighted by molar-refractivity contribution is 4.85. The largest absolute Gasteiger partial charge is 0.311 e. The van der Waals surface area contributed by atoms with Crippen LogP contribution in [0.1, 0.15) is 26.7 Å². The first-order valence-corrected chi connectivity index (χ1v) is 3.63. The molecule has 2 unspecified atom stereocenters. The van der Waals surface area contributed by atoms with Crippen LogP contribution in [-0.2, 0) is 0 Å². The van der Waals surface area contributed by atoms with Crippen LogP contribution in [0.3, 0.4) is 0 Å². The Morgan fingerprint density at radius 2 is 1.60 bits per heavy atom. The Morgan fingerprint density at radius 1 is 1.20 bits per heavy atom. The number of rotatable bonds is 0. The van der Waals surface area contributed by atoms with E-state index in [1.54, 1.807) is 13.8 Å². The second-order valence-corrected chi connectivity index (χ2v) is 3.23. The molecule has 0 aliphatic carbocycles. The van der Waals surface area contributed by atoms with Gasteiger partial charge in [0.05, 0.1) is 0 Å². The van der Waals surface area contributed by atoms with Crippen molar-refractivity contribution in [1.29, 1.82) is 0 Å². The molecule has 0 aromatic rings. The number of hydrogen-bond acceptors (Lipinski definition) is 1. The number of nitrogens with one attached hydrogen (secondary N) is 1. The SMILES string of the molecule is CC1CC(F)(F)CC(C)N1. The normalized spacial score (nSPS) is 39.6. The van der Waals surface area contributed by atoms with Crippen LogP contribution >= 0.6 is 0 Å². The van der Waals surface area contributed by atoms with E-state index in [1.165, 1.54) is 0 Å². The number of hydrogen-bond donors (Lipinski definition) is 1. The maximum absolute atomic E-state index is 12.7. The van der Waals surface area contributed by atoms with Crippen molar-refractivity contribution in [3.8, 4) is 0 Å². The maximum Gasteiger partial charge on any atom is 0.251 e. The van der Waals surface area contributed by atoms with Crippen molar-refractivity contribution in [2.24, 2.45) is 0 Å². The number of piperidine rings is 1. The topological polar surface area (TPSA) is 12.0 Å². The molecule has 0 spiro atoms. The standard InChI is InChI=1S/C7H13F2N/c1-5-3-7(8,9)4-6(2)10-5/h5-6,10H,3-4H2,1-2H3. The zero-order valence-electron chi connectivity index (χ0n) is 6.32. The van der Waals surface area contributed by atoms with E-state index in [-0.39, 0.29) is 24.9 Å². The van der Waals surface area contributed by atoms with Gasteiger partial charge in [0, 0.05) is 24.9 Å². The van der Waals surface area contributed by atoms with Gasteiger partial charge < -0.3 is 5.32 Å². The van der Waals surface area contributed by atoms with Crippen LogP contribution < -0.4 is 5.32 Å². The average Bonchev–Trinajstić information content (AvgIpc) is 1.54. The Bertz CT molecular complexity index is 113. The van der Waals surface area contributed by atoms with Crippen molar-refractivity contribution < 1.29 is 8.78 Å². The second-order valence-electron chi connectivity index (χ2n) is 3.23. The molecule has 1 rings (SSSR count). The molecule has 1 aliphatic heterocycles. The Labute approximate surface area is 59.8 Å². The van der Waals surface area contributed by atoms with Gasteiger partial charge in [0.15, 0.2) is 0 Å². The lowest BCUT2D eigenvalue weighted by molar-refractivity contribution is -0.0508. The van der Waals surface area contributed by atoms with E-state index in [0.717, 1.165) is 0 Å². The van der Waals surface area contributed by atoms with Gasteiger partial charge in [0.25, 0.3) is 5.92 Å². The van der Waals surface area contributed by atoms with E-state index in [9.17, 15) is 8.78 Å². The van der Waals surface area contributed by atoms with Gasteiger partial charge in [-0.1, -0.05) is 0 Å². The van der Waals surface area contributed by atoms with Crippen molar-refractivity contribution in [3.05, 3.63) is 0 Å². The highest BCUT2D eigenvalue weighted by Crippen LogP contribution is 2.29. The molecule has 0 amide bonds. The fourth-order valence-corrected chi connectivity index (χ4v) is 1.58. The Balaban J connectivity index is 2.51. The fourth-order valence-electron chi connectivity index (χ4n) is 1.58. The number of alkyl halides is 2. The van der Waals surface area contributed by atoms with Gasteiger partial charge in [-0.25, -0.2) is 8.78 Å². The molecule has 1 N–H and O–H groups in total. The van der Waals surface area contributed by atoms with Crippen LogP contribution in [0.2, 0.25) is 0 Å². The van der Waals surface area contributed by atoms with Gasteiger partial charge in [-0.2, -0.15) is 0 Å².